The van der Waals surface area contributed by atoms with Crippen molar-refractivity contribution >= 4 is 17.3 Å². The van der Waals surface area contributed by atoms with Crippen molar-refractivity contribution in [2.45, 2.75) is 58.8 Å². The molecule has 0 aliphatic heterocycles. The molecule has 162 valence electrons. The first-order valence-corrected chi connectivity index (χ1v) is 12.0. The van der Waals surface area contributed by atoms with Gasteiger partial charge in [-0.2, -0.15) is 0 Å². The molecule has 1 heterocycles. The number of ether oxygens (including phenoxy) is 1. The fourth-order valence-corrected chi connectivity index (χ4v) is 4.24. The van der Waals surface area contributed by atoms with Crippen molar-refractivity contribution in [3.05, 3.63) is 71.8 Å². The summed E-state index contributed by atoms with van der Waals surface area (Å²) >= 11 is 1.79. The van der Waals surface area contributed by atoms with Gasteiger partial charge < -0.3 is 4.74 Å². The summed E-state index contributed by atoms with van der Waals surface area (Å²) in [5.41, 5.74) is 3.36. The number of benzene rings is 2. The summed E-state index contributed by atoms with van der Waals surface area (Å²) in [5.74, 6) is 0.231. The second-order valence-electron chi connectivity index (χ2n) is 7.66. The molecule has 0 bridgehead atoms. The van der Waals surface area contributed by atoms with Crippen LogP contribution >= 0.6 is 11.3 Å². The first-order chi connectivity index (χ1) is 15.2. The molecule has 4 heteroatoms. The molecule has 0 unspecified atom stereocenters. The maximum absolute atomic E-state index is 11.9. The molecule has 0 saturated carbocycles. The Morgan fingerprint density at radius 2 is 1.55 bits per heavy atom. The maximum atomic E-state index is 11.9. The van der Waals surface area contributed by atoms with Gasteiger partial charge in [0.05, 0.1) is 0 Å². The van der Waals surface area contributed by atoms with Crippen LogP contribution in [0, 0.1) is 0 Å². The summed E-state index contributed by atoms with van der Waals surface area (Å²) < 4.78 is 5.37. The lowest BCUT2D eigenvalue weighted by molar-refractivity contribution is -0.129. The van der Waals surface area contributed by atoms with Crippen LogP contribution in [0.3, 0.4) is 0 Å². The Morgan fingerprint density at radius 1 is 0.903 bits per heavy atom. The molecule has 2 aromatic carbocycles. The lowest BCUT2D eigenvalue weighted by Crippen LogP contribution is -2.03. The van der Waals surface area contributed by atoms with Gasteiger partial charge in [-0.1, -0.05) is 82.0 Å². The standard InChI is InChI=1S/C27H31NO2S/c1-3-5-7-9-11-26(29)30-24-18-16-22(17-19-24)21-12-14-23(15-13-21)27-28-20-25(31-27)10-8-6-4-2/h9,11-20H,3-8,10H2,1-2H3. The smallest absolute Gasteiger partial charge is 0.335 e. The van der Waals surface area contributed by atoms with Crippen LogP contribution in [0.1, 0.15) is 57.2 Å². The number of thiazole rings is 1. The number of hydrogen-bond donors (Lipinski definition) is 0. The Kier molecular flexibility index (Phi) is 9.04. The van der Waals surface area contributed by atoms with Crippen molar-refractivity contribution in [1.29, 1.82) is 0 Å². The Labute approximate surface area is 189 Å². The van der Waals surface area contributed by atoms with Crippen LogP contribution < -0.4 is 4.74 Å². The van der Waals surface area contributed by atoms with Gasteiger partial charge in [-0.25, -0.2) is 9.78 Å². The predicted molar refractivity (Wildman–Crippen MR) is 131 cm³/mol. The van der Waals surface area contributed by atoms with Gasteiger partial charge in [0.1, 0.15) is 10.8 Å². The molecule has 3 rings (SSSR count). The molecule has 0 spiro atoms. The van der Waals surface area contributed by atoms with E-state index in [0.29, 0.717) is 5.75 Å². The molecule has 0 atom stereocenters. The summed E-state index contributed by atoms with van der Waals surface area (Å²) in [7, 11) is 0. The van der Waals surface area contributed by atoms with Crippen molar-refractivity contribution < 1.29 is 9.53 Å². The Balaban J connectivity index is 1.58. The number of aryl methyl sites for hydroxylation is 1. The lowest BCUT2D eigenvalue weighted by atomic mass is 10.0. The number of esters is 1. The minimum atomic E-state index is -0.328. The number of rotatable bonds is 11. The third-order valence-electron chi connectivity index (χ3n) is 5.10. The number of hydrogen-bond acceptors (Lipinski definition) is 4. The zero-order valence-corrected chi connectivity index (χ0v) is 19.3. The molecule has 0 saturated heterocycles. The second kappa shape index (κ2) is 12.2. The van der Waals surface area contributed by atoms with Gasteiger partial charge in [-0.15, -0.1) is 11.3 Å². The number of nitrogens with zero attached hydrogens (tertiary/aromatic N) is 1. The fraction of sp³-hybridized carbons (Fsp3) is 0.333. The molecule has 0 aliphatic rings. The first kappa shape index (κ1) is 23.0. The van der Waals surface area contributed by atoms with Gasteiger partial charge in [0.2, 0.25) is 0 Å². The summed E-state index contributed by atoms with van der Waals surface area (Å²) in [6.07, 6.45) is 13.4. The molecule has 3 aromatic rings. The second-order valence-corrected chi connectivity index (χ2v) is 8.77. The number of carbonyl (C=O) groups is 1. The molecule has 0 radical (unpaired) electrons. The van der Waals surface area contributed by atoms with E-state index in [1.807, 2.05) is 36.5 Å². The van der Waals surface area contributed by atoms with E-state index in [-0.39, 0.29) is 5.97 Å². The minimum Gasteiger partial charge on any atom is -0.423 e. The average Bonchev–Trinajstić information content (AvgIpc) is 3.27. The van der Waals surface area contributed by atoms with Crippen LogP contribution in [0.25, 0.3) is 21.7 Å². The molecule has 0 aliphatic carbocycles. The molecule has 3 nitrogen and oxygen atoms in total. The number of allylic oxidation sites excluding steroid dienone is 1. The fourth-order valence-electron chi connectivity index (χ4n) is 3.28. The van der Waals surface area contributed by atoms with Gasteiger partial charge >= 0.3 is 5.97 Å². The highest BCUT2D eigenvalue weighted by atomic mass is 32.1. The zero-order chi connectivity index (χ0) is 21.9. The largest absolute Gasteiger partial charge is 0.423 e. The Hall–Kier alpha value is -2.72. The van der Waals surface area contributed by atoms with Crippen molar-refractivity contribution in [3.8, 4) is 27.4 Å². The topological polar surface area (TPSA) is 39.2 Å². The van der Waals surface area contributed by atoms with Gasteiger partial charge in [0.25, 0.3) is 0 Å². The lowest BCUT2D eigenvalue weighted by Gasteiger charge is -2.05. The predicted octanol–water partition coefficient (Wildman–Crippen LogP) is 7.86. The highest BCUT2D eigenvalue weighted by Gasteiger charge is 2.06. The molecule has 0 fully saturated rings. The number of carbonyl (C=O) groups excluding carboxylic acids is 1. The highest BCUT2D eigenvalue weighted by molar-refractivity contribution is 7.15. The van der Waals surface area contributed by atoms with Gasteiger partial charge in [0.15, 0.2) is 0 Å². The van der Waals surface area contributed by atoms with Crippen LogP contribution in [-0.4, -0.2) is 11.0 Å². The van der Waals surface area contributed by atoms with E-state index in [1.54, 1.807) is 11.3 Å². The third-order valence-corrected chi connectivity index (χ3v) is 6.20. The van der Waals surface area contributed by atoms with E-state index in [1.165, 1.54) is 30.2 Å². The SMILES string of the molecule is CCCCC=CC(=O)Oc1ccc(-c2ccc(-c3ncc(CCCCC)s3)cc2)cc1. The van der Waals surface area contributed by atoms with E-state index >= 15 is 0 Å². The van der Waals surface area contributed by atoms with Gasteiger partial charge in [0, 0.05) is 22.7 Å². The summed E-state index contributed by atoms with van der Waals surface area (Å²) in [6, 6.07) is 16.1. The summed E-state index contributed by atoms with van der Waals surface area (Å²) in [4.78, 5) is 17.8. The molecular weight excluding hydrogens is 402 g/mol. The van der Waals surface area contributed by atoms with E-state index in [2.05, 4.69) is 43.1 Å². The first-order valence-electron chi connectivity index (χ1n) is 11.2. The summed E-state index contributed by atoms with van der Waals surface area (Å²) in [5, 5.41) is 1.08. The van der Waals surface area contributed by atoms with E-state index < -0.39 is 0 Å². The van der Waals surface area contributed by atoms with Crippen LogP contribution in [0.4, 0.5) is 0 Å². The van der Waals surface area contributed by atoms with Crippen molar-refractivity contribution in [2.24, 2.45) is 0 Å². The van der Waals surface area contributed by atoms with E-state index in [4.69, 9.17) is 4.74 Å². The van der Waals surface area contributed by atoms with Crippen molar-refractivity contribution in [1.82, 2.24) is 4.98 Å². The number of aromatic nitrogens is 1. The highest BCUT2D eigenvalue weighted by Crippen LogP contribution is 2.29. The van der Waals surface area contributed by atoms with Gasteiger partial charge in [-0.3, -0.25) is 0 Å². The molecule has 1 aromatic heterocycles. The third kappa shape index (κ3) is 7.18. The number of unbranched alkanes of at least 4 members (excludes halogenated alkanes) is 4. The van der Waals surface area contributed by atoms with Crippen LogP contribution in [0.15, 0.2) is 66.9 Å². The molecule has 0 N–H and O–H groups in total. The Morgan fingerprint density at radius 3 is 2.23 bits per heavy atom. The Bertz CT molecular complexity index is 971. The maximum Gasteiger partial charge on any atom is 0.335 e. The summed E-state index contributed by atoms with van der Waals surface area (Å²) in [6.45, 7) is 4.36. The normalized spacial score (nSPS) is 11.2. The zero-order valence-electron chi connectivity index (χ0n) is 18.5. The monoisotopic (exact) mass is 433 g/mol. The van der Waals surface area contributed by atoms with E-state index in [9.17, 15) is 4.79 Å². The van der Waals surface area contributed by atoms with Crippen LogP contribution in [0.2, 0.25) is 0 Å². The molecule has 0 amide bonds. The molecular formula is C27H31NO2S. The minimum absolute atomic E-state index is 0.328. The van der Waals surface area contributed by atoms with Crippen LogP contribution in [0.5, 0.6) is 5.75 Å². The quantitative estimate of drug-likeness (QED) is 0.134. The van der Waals surface area contributed by atoms with Gasteiger partial charge in [-0.05, 0) is 42.5 Å². The molecule has 31 heavy (non-hydrogen) atoms. The van der Waals surface area contributed by atoms with Crippen LogP contribution in [-0.2, 0) is 11.2 Å². The van der Waals surface area contributed by atoms with Crippen molar-refractivity contribution in [3.63, 3.8) is 0 Å². The van der Waals surface area contributed by atoms with Crippen molar-refractivity contribution in [2.75, 3.05) is 0 Å². The average molecular weight is 434 g/mol. The van der Waals surface area contributed by atoms with E-state index in [0.717, 1.165) is 47.4 Å².